The number of anilines is 1. The van der Waals surface area contributed by atoms with Gasteiger partial charge in [-0.05, 0) is 49.2 Å². The Balaban J connectivity index is 1.70. The van der Waals surface area contributed by atoms with E-state index in [1.165, 1.54) is 0 Å². The van der Waals surface area contributed by atoms with Crippen LogP contribution in [-0.4, -0.2) is 43.4 Å². The van der Waals surface area contributed by atoms with Crippen molar-refractivity contribution in [2.24, 2.45) is 0 Å². The Hall–Kier alpha value is -2.37. The van der Waals surface area contributed by atoms with Gasteiger partial charge in [0.2, 0.25) is 11.8 Å². The number of nitrogens with one attached hydrogen (secondary N) is 2. The highest BCUT2D eigenvalue weighted by atomic mass is 35.5. The second-order valence-corrected chi connectivity index (χ2v) is 6.89. The molecular formula is C21H26ClN3O2. The molecule has 0 aliphatic carbocycles. The summed E-state index contributed by atoms with van der Waals surface area (Å²) in [6, 6.07) is 15.3. The minimum absolute atomic E-state index is 0.103. The average Bonchev–Trinajstić information content (AvgIpc) is 2.63. The van der Waals surface area contributed by atoms with Crippen LogP contribution in [0.2, 0.25) is 5.02 Å². The summed E-state index contributed by atoms with van der Waals surface area (Å²) in [4.78, 5) is 25.9. The molecule has 0 saturated heterocycles. The number of para-hydroxylation sites is 1. The third-order valence-electron chi connectivity index (χ3n) is 4.15. The Morgan fingerprint density at radius 3 is 2.37 bits per heavy atom. The first-order chi connectivity index (χ1) is 13.0. The maximum atomic E-state index is 12.2. The van der Waals surface area contributed by atoms with Crippen molar-refractivity contribution in [1.29, 1.82) is 0 Å². The lowest BCUT2D eigenvalue weighted by molar-refractivity contribution is -0.122. The molecule has 0 spiro atoms. The fourth-order valence-electron chi connectivity index (χ4n) is 2.74. The molecule has 0 aromatic heterocycles. The molecule has 144 valence electrons. The molecule has 6 heteroatoms. The molecule has 0 radical (unpaired) electrons. The van der Waals surface area contributed by atoms with E-state index in [0.717, 1.165) is 29.7 Å². The lowest BCUT2D eigenvalue weighted by Gasteiger charge is -2.17. The number of carbonyl (C=O) groups is 2. The molecule has 0 atom stereocenters. The predicted molar refractivity (Wildman–Crippen MR) is 110 cm³/mol. The maximum absolute atomic E-state index is 12.2. The van der Waals surface area contributed by atoms with Gasteiger partial charge in [-0.15, -0.1) is 0 Å². The van der Waals surface area contributed by atoms with E-state index in [1.807, 2.05) is 55.5 Å². The van der Waals surface area contributed by atoms with Gasteiger partial charge in [-0.25, -0.2) is 0 Å². The fourth-order valence-corrected chi connectivity index (χ4v) is 2.87. The highest BCUT2D eigenvalue weighted by Gasteiger charge is 2.11. The first-order valence-corrected chi connectivity index (χ1v) is 9.43. The van der Waals surface area contributed by atoms with Crippen LogP contribution >= 0.6 is 11.6 Å². The van der Waals surface area contributed by atoms with Crippen LogP contribution in [0.4, 0.5) is 5.69 Å². The summed E-state index contributed by atoms with van der Waals surface area (Å²) in [5.41, 5.74) is 3.03. The van der Waals surface area contributed by atoms with Crippen LogP contribution in [0.15, 0.2) is 48.5 Å². The van der Waals surface area contributed by atoms with E-state index in [-0.39, 0.29) is 24.9 Å². The van der Waals surface area contributed by atoms with E-state index in [1.54, 1.807) is 11.9 Å². The van der Waals surface area contributed by atoms with E-state index in [9.17, 15) is 9.59 Å². The highest BCUT2D eigenvalue weighted by Crippen LogP contribution is 2.15. The number of aryl methyl sites for hydroxylation is 1. The molecule has 0 unspecified atom stereocenters. The van der Waals surface area contributed by atoms with E-state index in [2.05, 4.69) is 10.6 Å². The van der Waals surface area contributed by atoms with Crippen LogP contribution in [0, 0.1) is 0 Å². The summed E-state index contributed by atoms with van der Waals surface area (Å²) in [6.45, 7) is 2.92. The van der Waals surface area contributed by atoms with Gasteiger partial charge in [0, 0.05) is 17.3 Å². The molecule has 2 rings (SSSR count). The van der Waals surface area contributed by atoms with E-state index < -0.39 is 0 Å². The fraction of sp³-hybridized carbons (Fsp3) is 0.333. The molecule has 2 N–H and O–H groups in total. The van der Waals surface area contributed by atoms with Crippen molar-refractivity contribution in [2.45, 2.75) is 19.8 Å². The average molecular weight is 388 g/mol. The number of halogens is 1. The van der Waals surface area contributed by atoms with E-state index in [4.69, 9.17) is 11.6 Å². The van der Waals surface area contributed by atoms with Gasteiger partial charge in [0.15, 0.2) is 0 Å². The number of carbonyl (C=O) groups excluding carboxylic acids is 2. The molecule has 0 heterocycles. The number of benzene rings is 2. The Morgan fingerprint density at radius 1 is 1.00 bits per heavy atom. The van der Waals surface area contributed by atoms with Crippen molar-refractivity contribution in [3.63, 3.8) is 0 Å². The van der Waals surface area contributed by atoms with E-state index in [0.29, 0.717) is 11.6 Å². The molecule has 0 aliphatic rings. The van der Waals surface area contributed by atoms with Crippen molar-refractivity contribution in [3.8, 4) is 0 Å². The summed E-state index contributed by atoms with van der Waals surface area (Å²) >= 11 is 5.85. The molecule has 0 fully saturated rings. The largest absolute Gasteiger partial charge is 0.355 e. The SMILES string of the molecule is CCc1ccccc1NC(=O)CN(C)CC(=O)NCCc1ccc(Cl)cc1. The van der Waals surface area contributed by atoms with Gasteiger partial charge in [-0.1, -0.05) is 48.9 Å². The van der Waals surface area contributed by atoms with Crippen LogP contribution in [0.5, 0.6) is 0 Å². The Morgan fingerprint density at radius 2 is 1.67 bits per heavy atom. The standard InChI is InChI=1S/C21H26ClN3O2/c1-3-17-6-4-5-7-19(17)24-21(27)15-25(2)14-20(26)23-13-12-16-8-10-18(22)11-9-16/h4-11H,3,12-15H2,1-2H3,(H,23,26)(H,24,27). The summed E-state index contributed by atoms with van der Waals surface area (Å²) in [5, 5.41) is 6.48. The lowest BCUT2D eigenvalue weighted by Crippen LogP contribution is -2.39. The quantitative estimate of drug-likeness (QED) is 0.694. The van der Waals surface area contributed by atoms with Gasteiger partial charge in [-0.2, -0.15) is 0 Å². The predicted octanol–water partition coefficient (Wildman–Crippen LogP) is 3.13. The van der Waals surface area contributed by atoms with Crippen molar-refractivity contribution in [2.75, 3.05) is 32.0 Å². The van der Waals surface area contributed by atoms with Crippen LogP contribution in [0.3, 0.4) is 0 Å². The van der Waals surface area contributed by atoms with Crippen molar-refractivity contribution < 1.29 is 9.59 Å². The summed E-state index contributed by atoms with van der Waals surface area (Å²) in [7, 11) is 1.75. The smallest absolute Gasteiger partial charge is 0.238 e. The van der Waals surface area contributed by atoms with Gasteiger partial charge >= 0.3 is 0 Å². The van der Waals surface area contributed by atoms with Gasteiger partial charge in [0.05, 0.1) is 13.1 Å². The Labute approximate surface area is 165 Å². The second-order valence-electron chi connectivity index (χ2n) is 6.46. The minimum Gasteiger partial charge on any atom is -0.355 e. The monoisotopic (exact) mass is 387 g/mol. The lowest BCUT2D eigenvalue weighted by atomic mass is 10.1. The van der Waals surface area contributed by atoms with Gasteiger partial charge in [0.25, 0.3) is 0 Å². The zero-order valence-corrected chi connectivity index (χ0v) is 16.6. The zero-order chi connectivity index (χ0) is 19.6. The van der Waals surface area contributed by atoms with Crippen molar-refractivity contribution in [1.82, 2.24) is 10.2 Å². The molecule has 0 saturated carbocycles. The summed E-state index contributed by atoms with van der Waals surface area (Å²) in [6.07, 6.45) is 1.59. The van der Waals surface area contributed by atoms with Crippen molar-refractivity contribution in [3.05, 3.63) is 64.7 Å². The summed E-state index contributed by atoms with van der Waals surface area (Å²) in [5.74, 6) is -0.236. The molecule has 2 aromatic rings. The third-order valence-corrected chi connectivity index (χ3v) is 4.40. The molecule has 5 nitrogen and oxygen atoms in total. The first kappa shape index (κ1) is 20.9. The normalized spacial score (nSPS) is 10.7. The molecule has 0 bridgehead atoms. The minimum atomic E-state index is -0.132. The number of hydrogen-bond acceptors (Lipinski definition) is 3. The van der Waals surface area contributed by atoms with Gasteiger partial charge in [-0.3, -0.25) is 14.5 Å². The highest BCUT2D eigenvalue weighted by molar-refractivity contribution is 6.30. The Bertz CT molecular complexity index is 762. The molecule has 0 aliphatic heterocycles. The first-order valence-electron chi connectivity index (χ1n) is 9.05. The summed E-state index contributed by atoms with van der Waals surface area (Å²) < 4.78 is 0. The number of nitrogens with zero attached hydrogens (tertiary/aromatic N) is 1. The number of hydrogen-bond donors (Lipinski definition) is 2. The zero-order valence-electron chi connectivity index (χ0n) is 15.8. The number of likely N-dealkylation sites (N-methyl/N-ethyl adjacent to an activating group) is 1. The van der Waals surface area contributed by atoms with Crippen LogP contribution in [0.25, 0.3) is 0 Å². The molecule has 27 heavy (non-hydrogen) atoms. The van der Waals surface area contributed by atoms with Crippen molar-refractivity contribution >= 4 is 29.1 Å². The maximum Gasteiger partial charge on any atom is 0.238 e. The number of rotatable bonds is 9. The molecule has 2 aromatic carbocycles. The van der Waals surface area contributed by atoms with Gasteiger partial charge in [0.1, 0.15) is 0 Å². The van der Waals surface area contributed by atoms with Crippen LogP contribution < -0.4 is 10.6 Å². The Kier molecular flexibility index (Phi) is 8.30. The van der Waals surface area contributed by atoms with Gasteiger partial charge < -0.3 is 10.6 Å². The van der Waals surface area contributed by atoms with Crippen LogP contribution in [0.1, 0.15) is 18.1 Å². The number of amides is 2. The van der Waals surface area contributed by atoms with E-state index >= 15 is 0 Å². The van der Waals surface area contributed by atoms with Crippen LogP contribution in [-0.2, 0) is 22.4 Å². The second kappa shape index (κ2) is 10.7. The molecular weight excluding hydrogens is 362 g/mol. The molecule has 2 amide bonds. The topological polar surface area (TPSA) is 61.4 Å². The third kappa shape index (κ3) is 7.41.